The maximum absolute atomic E-state index is 6.16. The Labute approximate surface area is 155 Å². The largest absolute Gasteiger partial charge is 0.340 e. The van der Waals surface area contributed by atoms with Gasteiger partial charge in [0.15, 0.2) is 0 Å². The fourth-order valence-electron chi connectivity index (χ4n) is 2.90. The molecule has 0 unspecified atom stereocenters. The zero-order valence-electron chi connectivity index (χ0n) is 13.9. The van der Waals surface area contributed by atoms with E-state index >= 15 is 0 Å². The molecule has 0 fully saturated rings. The number of nitrogens with zero attached hydrogens (tertiary/aromatic N) is 2. The van der Waals surface area contributed by atoms with E-state index in [0.29, 0.717) is 0 Å². The molecule has 5 heteroatoms. The second-order valence-electron chi connectivity index (χ2n) is 5.91. The Balaban J connectivity index is 1.94. The smallest absolute Gasteiger partial charge is 0.225 e. The number of rotatable bonds is 3. The Morgan fingerprint density at radius 3 is 2.36 bits per heavy atom. The molecule has 3 nitrogen and oxygen atoms in total. The lowest BCUT2D eigenvalue weighted by atomic mass is 10.0. The molecular formula is C20H16ClN3S. The van der Waals surface area contributed by atoms with E-state index in [2.05, 4.69) is 53.4 Å². The first kappa shape index (κ1) is 16.1. The van der Waals surface area contributed by atoms with Crippen molar-refractivity contribution in [3.8, 4) is 11.1 Å². The fraction of sp³-hybridized carbons (Fsp3) is 0.100. The summed E-state index contributed by atoms with van der Waals surface area (Å²) in [5, 5.41) is 4.66. The summed E-state index contributed by atoms with van der Waals surface area (Å²) in [6.07, 6.45) is 0. The third-order valence-electron chi connectivity index (χ3n) is 4.08. The van der Waals surface area contributed by atoms with E-state index in [4.69, 9.17) is 11.6 Å². The number of anilines is 2. The second kappa shape index (κ2) is 6.47. The molecule has 4 rings (SSSR count). The van der Waals surface area contributed by atoms with Crippen LogP contribution in [-0.4, -0.2) is 9.97 Å². The quantitative estimate of drug-likeness (QED) is 0.428. The van der Waals surface area contributed by atoms with E-state index < -0.39 is 0 Å². The molecule has 0 saturated heterocycles. The molecule has 2 aromatic carbocycles. The van der Waals surface area contributed by atoms with E-state index in [0.717, 1.165) is 32.8 Å². The van der Waals surface area contributed by atoms with Crippen molar-refractivity contribution in [2.75, 3.05) is 5.32 Å². The van der Waals surface area contributed by atoms with Crippen molar-refractivity contribution < 1.29 is 0 Å². The van der Waals surface area contributed by atoms with Crippen molar-refractivity contribution in [1.29, 1.82) is 0 Å². The van der Waals surface area contributed by atoms with Crippen LogP contribution in [0.2, 0.25) is 5.28 Å². The molecule has 124 valence electrons. The van der Waals surface area contributed by atoms with Gasteiger partial charge < -0.3 is 5.32 Å². The third kappa shape index (κ3) is 3.11. The minimum Gasteiger partial charge on any atom is -0.340 e. The predicted octanol–water partition coefficient (Wildman–Crippen LogP) is 6.37. The van der Waals surface area contributed by atoms with Crippen molar-refractivity contribution in [1.82, 2.24) is 9.97 Å². The number of benzene rings is 2. The molecule has 0 saturated carbocycles. The van der Waals surface area contributed by atoms with Crippen LogP contribution in [-0.2, 0) is 0 Å². The summed E-state index contributed by atoms with van der Waals surface area (Å²) in [5.41, 5.74) is 4.53. The fourth-order valence-corrected chi connectivity index (χ4v) is 4.17. The summed E-state index contributed by atoms with van der Waals surface area (Å²) in [5.74, 6) is 0.737. The molecule has 0 aliphatic carbocycles. The van der Waals surface area contributed by atoms with E-state index in [-0.39, 0.29) is 5.28 Å². The predicted molar refractivity (Wildman–Crippen MR) is 107 cm³/mol. The molecule has 0 spiro atoms. The number of aromatic nitrogens is 2. The molecular weight excluding hydrogens is 350 g/mol. The van der Waals surface area contributed by atoms with Crippen molar-refractivity contribution in [3.05, 3.63) is 70.3 Å². The van der Waals surface area contributed by atoms with Gasteiger partial charge in [0.1, 0.15) is 10.6 Å². The summed E-state index contributed by atoms with van der Waals surface area (Å²) < 4.78 is 0. The maximum atomic E-state index is 6.16. The van der Waals surface area contributed by atoms with Crippen LogP contribution >= 0.6 is 22.9 Å². The van der Waals surface area contributed by atoms with Gasteiger partial charge in [-0.3, -0.25) is 0 Å². The number of nitrogens with one attached hydrogen (secondary N) is 1. The normalized spacial score (nSPS) is 11.0. The minimum absolute atomic E-state index is 0.252. The van der Waals surface area contributed by atoms with Crippen LogP contribution in [0.4, 0.5) is 11.5 Å². The van der Waals surface area contributed by atoms with Gasteiger partial charge in [0.25, 0.3) is 0 Å². The number of thiophene rings is 1. The average Bonchev–Trinajstić information content (AvgIpc) is 2.92. The zero-order valence-corrected chi connectivity index (χ0v) is 15.4. The molecule has 0 aliphatic heterocycles. The number of halogens is 1. The Morgan fingerprint density at radius 1 is 0.920 bits per heavy atom. The van der Waals surface area contributed by atoms with Gasteiger partial charge in [0.05, 0.1) is 5.39 Å². The lowest BCUT2D eigenvalue weighted by Gasteiger charge is -2.10. The Morgan fingerprint density at radius 2 is 1.64 bits per heavy atom. The van der Waals surface area contributed by atoms with Crippen molar-refractivity contribution in [3.63, 3.8) is 0 Å². The van der Waals surface area contributed by atoms with Crippen LogP contribution in [0.15, 0.2) is 54.6 Å². The first-order valence-electron chi connectivity index (χ1n) is 7.97. The zero-order chi connectivity index (χ0) is 17.4. The van der Waals surface area contributed by atoms with Crippen molar-refractivity contribution in [2.45, 2.75) is 13.8 Å². The number of aryl methyl sites for hydroxylation is 2. The summed E-state index contributed by atoms with van der Waals surface area (Å²) in [6, 6.07) is 18.5. The SMILES string of the molecule is Cc1ccc(-c2c(C)sc3nc(Cl)nc(Nc4ccccc4)c23)cc1. The molecule has 0 amide bonds. The molecule has 25 heavy (non-hydrogen) atoms. The average molecular weight is 366 g/mol. The van der Waals surface area contributed by atoms with Gasteiger partial charge in [0.2, 0.25) is 5.28 Å². The molecule has 0 atom stereocenters. The second-order valence-corrected chi connectivity index (χ2v) is 7.45. The van der Waals surface area contributed by atoms with Gasteiger partial charge in [-0.2, -0.15) is 4.98 Å². The summed E-state index contributed by atoms with van der Waals surface area (Å²) in [4.78, 5) is 11.0. The number of fused-ring (bicyclic) bond motifs is 1. The summed E-state index contributed by atoms with van der Waals surface area (Å²) >= 11 is 7.80. The Kier molecular flexibility index (Phi) is 4.15. The lowest BCUT2D eigenvalue weighted by Crippen LogP contribution is -1.96. The number of hydrogen-bond acceptors (Lipinski definition) is 4. The topological polar surface area (TPSA) is 37.8 Å². The summed E-state index contributed by atoms with van der Waals surface area (Å²) in [7, 11) is 0. The first-order valence-corrected chi connectivity index (χ1v) is 9.17. The highest BCUT2D eigenvalue weighted by Gasteiger charge is 2.18. The maximum Gasteiger partial charge on any atom is 0.225 e. The molecule has 1 N–H and O–H groups in total. The van der Waals surface area contributed by atoms with Crippen LogP contribution in [0.5, 0.6) is 0 Å². The molecule has 4 aromatic rings. The monoisotopic (exact) mass is 365 g/mol. The highest BCUT2D eigenvalue weighted by Crippen LogP contribution is 2.41. The van der Waals surface area contributed by atoms with Crippen molar-refractivity contribution >= 4 is 44.7 Å². The van der Waals surface area contributed by atoms with Gasteiger partial charge in [-0.15, -0.1) is 11.3 Å². The minimum atomic E-state index is 0.252. The lowest BCUT2D eigenvalue weighted by molar-refractivity contribution is 1.23. The Hall–Kier alpha value is -2.43. The molecule has 0 aliphatic rings. The van der Waals surface area contributed by atoms with Crippen LogP contribution in [0.25, 0.3) is 21.3 Å². The van der Waals surface area contributed by atoms with E-state index in [1.54, 1.807) is 11.3 Å². The van der Waals surface area contributed by atoms with Gasteiger partial charge in [-0.1, -0.05) is 48.0 Å². The first-order chi connectivity index (χ1) is 12.1. The van der Waals surface area contributed by atoms with Gasteiger partial charge >= 0.3 is 0 Å². The van der Waals surface area contributed by atoms with Crippen LogP contribution in [0.3, 0.4) is 0 Å². The summed E-state index contributed by atoms with van der Waals surface area (Å²) in [6.45, 7) is 4.20. The highest BCUT2D eigenvalue weighted by molar-refractivity contribution is 7.19. The standard InChI is InChI=1S/C20H16ClN3S/c1-12-8-10-14(11-9-12)16-13(2)25-19-17(16)18(23-20(21)24-19)22-15-6-4-3-5-7-15/h3-11H,1-2H3,(H,22,23,24). The van der Waals surface area contributed by atoms with Gasteiger partial charge in [-0.25, -0.2) is 4.98 Å². The van der Waals surface area contributed by atoms with E-state index in [1.807, 2.05) is 30.3 Å². The van der Waals surface area contributed by atoms with Crippen LogP contribution in [0, 0.1) is 13.8 Å². The van der Waals surface area contributed by atoms with Gasteiger partial charge in [0, 0.05) is 16.1 Å². The highest BCUT2D eigenvalue weighted by atomic mass is 35.5. The van der Waals surface area contributed by atoms with Crippen molar-refractivity contribution in [2.24, 2.45) is 0 Å². The molecule has 0 bridgehead atoms. The third-order valence-corrected chi connectivity index (χ3v) is 5.25. The van der Waals surface area contributed by atoms with Gasteiger partial charge in [-0.05, 0) is 43.1 Å². The molecule has 0 radical (unpaired) electrons. The Bertz CT molecular complexity index is 1040. The number of para-hydroxylation sites is 1. The number of hydrogen-bond donors (Lipinski definition) is 1. The van der Waals surface area contributed by atoms with E-state index in [9.17, 15) is 0 Å². The molecule has 2 heterocycles. The molecule has 2 aromatic heterocycles. The van der Waals surface area contributed by atoms with E-state index in [1.165, 1.54) is 10.4 Å². The van der Waals surface area contributed by atoms with Crippen LogP contribution in [0.1, 0.15) is 10.4 Å². The van der Waals surface area contributed by atoms with Crippen LogP contribution < -0.4 is 5.32 Å².